The van der Waals surface area contributed by atoms with E-state index in [1.54, 1.807) is 0 Å². The Hall–Kier alpha value is -0.820. The van der Waals surface area contributed by atoms with Gasteiger partial charge in [-0.25, -0.2) is 0 Å². The molecule has 1 N–H and O–H groups in total. The van der Waals surface area contributed by atoms with Gasteiger partial charge in [-0.2, -0.15) is 0 Å². The molecule has 0 saturated heterocycles. The van der Waals surface area contributed by atoms with Gasteiger partial charge in [0.25, 0.3) is 0 Å². The second kappa shape index (κ2) is 5.49. The lowest BCUT2D eigenvalue weighted by molar-refractivity contribution is 0.388. The number of benzene rings is 1. The molecule has 0 heterocycles. The van der Waals surface area contributed by atoms with Crippen molar-refractivity contribution in [1.29, 1.82) is 0 Å². The number of hydrogen-bond acceptors (Lipinski definition) is 1. The smallest absolute Gasteiger partial charge is 0.0296 e. The molecular formula is C15H25N. The summed E-state index contributed by atoms with van der Waals surface area (Å²) in [5.74, 6) is 0.674. The first-order valence-electron chi connectivity index (χ1n) is 6.25. The number of nitrogens with one attached hydrogen (secondary N) is 1. The molecule has 1 aromatic rings. The van der Waals surface area contributed by atoms with Crippen LogP contribution in [-0.4, -0.2) is 6.04 Å². The zero-order valence-corrected chi connectivity index (χ0v) is 11.5. The average Bonchev–Trinajstić information content (AvgIpc) is 2.16. The minimum absolute atomic E-state index is 0.429. The van der Waals surface area contributed by atoms with Gasteiger partial charge in [-0.05, 0) is 44.7 Å². The first-order valence-corrected chi connectivity index (χ1v) is 6.25. The summed E-state index contributed by atoms with van der Waals surface area (Å²) in [6, 6.07) is 7.68. The molecule has 0 aliphatic rings. The average molecular weight is 219 g/mol. The summed E-state index contributed by atoms with van der Waals surface area (Å²) < 4.78 is 0. The molecule has 0 fully saturated rings. The predicted molar refractivity (Wildman–Crippen MR) is 71.8 cm³/mol. The monoisotopic (exact) mass is 219 g/mol. The Morgan fingerprint density at radius 2 is 1.62 bits per heavy atom. The van der Waals surface area contributed by atoms with Crippen molar-refractivity contribution in [3.05, 3.63) is 34.9 Å². The third-order valence-electron chi connectivity index (χ3n) is 3.40. The summed E-state index contributed by atoms with van der Waals surface area (Å²) in [6.07, 6.45) is 0. The lowest BCUT2D eigenvalue weighted by atomic mass is 9.98. The standard InChI is InChI=1S/C15H25N/c1-10(2)13(5)16-14(6)15-8-7-11(3)9-12(15)4/h7-10,13-14,16H,1-6H3. The molecule has 1 nitrogen and oxygen atoms in total. The fraction of sp³-hybridized carbons (Fsp3) is 0.600. The quantitative estimate of drug-likeness (QED) is 0.807. The Morgan fingerprint density at radius 1 is 1.00 bits per heavy atom. The van der Waals surface area contributed by atoms with Crippen LogP contribution in [0.2, 0.25) is 0 Å². The summed E-state index contributed by atoms with van der Waals surface area (Å²) in [5, 5.41) is 3.66. The summed E-state index contributed by atoms with van der Waals surface area (Å²) in [6.45, 7) is 13.4. The van der Waals surface area contributed by atoms with Gasteiger partial charge in [0.2, 0.25) is 0 Å². The highest BCUT2D eigenvalue weighted by Gasteiger charge is 2.13. The molecule has 0 amide bonds. The zero-order valence-electron chi connectivity index (χ0n) is 11.5. The molecule has 1 rings (SSSR count). The maximum Gasteiger partial charge on any atom is 0.0296 e. The largest absolute Gasteiger partial charge is 0.307 e. The van der Waals surface area contributed by atoms with Crippen molar-refractivity contribution in [2.24, 2.45) is 5.92 Å². The summed E-state index contributed by atoms with van der Waals surface area (Å²) in [7, 11) is 0. The SMILES string of the molecule is Cc1ccc(C(C)NC(C)C(C)C)c(C)c1. The van der Waals surface area contributed by atoms with Crippen LogP contribution in [0.25, 0.3) is 0 Å². The van der Waals surface area contributed by atoms with Crippen LogP contribution in [0.1, 0.15) is 50.4 Å². The highest BCUT2D eigenvalue weighted by molar-refractivity contribution is 5.32. The van der Waals surface area contributed by atoms with E-state index in [-0.39, 0.29) is 0 Å². The highest BCUT2D eigenvalue weighted by atomic mass is 14.9. The normalized spacial score (nSPS) is 15.2. The number of hydrogen-bond donors (Lipinski definition) is 1. The topological polar surface area (TPSA) is 12.0 Å². The van der Waals surface area contributed by atoms with Crippen LogP contribution in [0.4, 0.5) is 0 Å². The molecule has 2 unspecified atom stereocenters. The van der Waals surface area contributed by atoms with Crippen molar-refractivity contribution < 1.29 is 0 Å². The van der Waals surface area contributed by atoms with Gasteiger partial charge in [0.15, 0.2) is 0 Å². The molecule has 0 aliphatic carbocycles. The number of rotatable bonds is 4. The molecule has 0 radical (unpaired) electrons. The van der Waals surface area contributed by atoms with E-state index in [4.69, 9.17) is 0 Å². The second-order valence-electron chi connectivity index (χ2n) is 5.28. The van der Waals surface area contributed by atoms with Crippen LogP contribution >= 0.6 is 0 Å². The van der Waals surface area contributed by atoms with Crippen molar-refractivity contribution in [3.63, 3.8) is 0 Å². The molecule has 0 aliphatic heterocycles. The maximum absolute atomic E-state index is 3.66. The van der Waals surface area contributed by atoms with Crippen molar-refractivity contribution in [2.75, 3.05) is 0 Å². The molecule has 0 bridgehead atoms. The minimum Gasteiger partial charge on any atom is -0.307 e. The zero-order chi connectivity index (χ0) is 12.3. The van der Waals surface area contributed by atoms with Crippen LogP contribution in [0, 0.1) is 19.8 Å². The van der Waals surface area contributed by atoms with Gasteiger partial charge in [-0.1, -0.05) is 37.6 Å². The van der Waals surface area contributed by atoms with E-state index in [0.717, 1.165) is 0 Å². The van der Waals surface area contributed by atoms with Crippen molar-refractivity contribution in [1.82, 2.24) is 5.32 Å². The molecule has 0 spiro atoms. The Balaban J connectivity index is 2.76. The van der Waals surface area contributed by atoms with Gasteiger partial charge in [0, 0.05) is 12.1 Å². The lowest BCUT2D eigenvalue weighted by Gasteiger charge is -2.24. The summed E-state index contributed by atoms with van der Waals surface area (Å²) in [4.78, 5) is 0. The fourth-order valence-corrected chi connectivity index (χ4v) is 1.99. The highest BCUT2D eigenvalue weighted by Crippen LogP contribution is 2.19. The Morgan fingerprint density at radius 3 is 2.12 bits per heavy atom. The van der Waals surface area contributed by atoms with Gasteiger partial charge >= 0.3 is 0 Å². The number of aryl methyl sites for hydroxylation is 2. The van der Waals surface area contributed by atoms with E-state index >= 15 is 0 Å². The Labute approximate surface area is 100 Å². The van der Waals surface area contributed by atoms with Gasteiger partial charge in [0.1, 0.15) is 0 Å². The first kappa shape index (κ1) is 13.2. The minimum atomic E-state index is 0.429. The molecule has 0 saturated carbocycles. The molecule has 16 heavy (non-hydrogen) atoms. The Kier molecular flexibility index (Phi) is 4.55. The third kappa shape index (κ3) is 3.34. The van der Waals surface area contributed by atoms with E-state index in [2.05, 4.69) is 65.1 Å². The summed E-state index contributed by atoms with van der Waals surface area (Å²) in [5.41, 5.74) is 4.14. The van der Waals surface area contributed by atoms with Crippen molar-refractivity contribution >= 4 is 0 Å². The van der Waals surface area contributed by atoms with Crippen LogP contribution in [-0.2, 0) is 0 Å². The fourth-order valence-electron chi connectivity index (χ4n) is 1.99. The van der Waals surface area contributed by atoms with Gasteiger partial charge < -0.3 is 5.32 Å². The van der Waals surface area contributed by atoms with Crippen LogP contribution < -0.4 is 5.32 Å². The Bertz CT molecular complexity index is 341. The molecule has 1 aromatic carbocycles. The molecular weight excluding hydrogens is 194 g/mol. The molecule has 90 valence electrons. The summed E-state index contributed by atoms with van der Waals surface area (Å²) >= 11 is 0. The first-order chi connectivity index (χ1) is 7.41. The lowest BCUT2D eigenvalue weighted by Crippen LogP contribution is -2.33. The van der Waals surface area contributed by atoms with Crippen LogP contribution in [0.5, 0.6) is 0 Å². The molecule has 1 heteroatoms. The predicted octanol–water partition coefficient (Wildman–Crippen LogP) is 4.00. The van der Waals surface area contributed by atoms with E-state index in [0.29, 0.717) is 18.0 Å². The van der Waals surface area contributed by atoms with Crippen molar-refractivity contribution in [2.45, 2.75) is 53.6 Å². The van der Waals surface area contributed by atoms with Crippen molar-refractivity contribution in [3.8, 4) is 0 Å². The van der Waals surface area contributed by atoms with Gasteiger partial charge in [-0.15, -0.1) is 0 Å². The van der Waals surface area contributed by atoms with Gasteiger partial charge in [-0.3, -0.25) is 0 Å². The third-order valence-corrected chi connectivity index (χ3v) is 3.40. The molecule has 2 atom stereocenters. The van der Waals surface area contributed by atoms with E-state index < -0.39 is 0 Å². The van der Waals surface area contributed by atoms with E-state index in [1.807, 2.05) is 0 Å². The van der Waals surface area contributed by atoms with Gasteiger partial charge in [0.05, 0.1) is 0 Å². The molecule has 0 aromatic heterocycles. The van der Waals surface area contributed by atoms with Crippen LogP contribution in [0.15, 0.2) is 18.2 Å². The van der Waals surface area contributed by atoms with E-state index in [9.17, 15) is 0 Å². The van der Waals surface area contributed by atoms with Crippen LogP contribution in [0.3, 0.4) is 0 Å². The van der Waals surface area contributed by atoms with E-state index in [1.165, 1.54) is 16.7 Å². The second-order valence-corrected chi connectivity index (χ2v) is 5.28. The maximum atomic E-state index is 3.66.